The van der Waals surface area contributed by atoms with Crippen LogP contribution in [0.4, 0.5) is 0 Å². The first-order valence-corrected chi connectivity index (χ1v) is 4.12. The Morgan fingerprint density at radius 1 is 1.38 bits per heavy atom. The first-order chi connectivity index (χ1) is 6.07. The van der Waals surface area contributed by atoms with Gasteiger partial charge in [-0.1, -0.05) is 12.1 Å². The number of aliphatic hydroxyl groups is 1. The molecule has 0 aliphatic carbocycles. The molecule has 0 bridgehead atoms. The molecule has 72 valence electrons. The number of rotatable bonds is 2. The van der Waals surface area contributed by atoms with Gasteiger partial charge in [0.15, 0.2) is 11.5 Å². The lowest BCUT2D eigenvalue weighted by molar-refractivity contribution is 0.193. The topological polar surface area (TPSA) is 49.7 Å². The summed E-state index contributed by atoms with van der Waals surface area (Å²) in [5, 5.41) is 19.0. The molecule has 1 aromatic carbocycles. The van der Waals surface area contributed by atoms with Gasteiger partial charge in [0.2, 0.25) is 0 Å². The fourth-order valence-corrected chi connectivity index (χ4v) is 1.28. The van der Waals surface area contributed by atoms with Crippen LogP contribution in [0, 0.1) is 6.92 Å². The number of phenols is 1. The highest BCUT2D eigenvalue weighted by Crippen LogP contribution is 2.36. The first-order valence-electron chi connectivity index (χ1n) is 4.12. The molecule has 13 heavy (non-hydrogen) atoms. The van der Waals surface area contributed by atoms with Gasteiger partial charge >= 0.3 is 0 Å². The summed E-state index contributed by atoms with van der Waals surface area (Å²) in [6, 6.07) is 3.50. The van der Waals surface area contributed by atoms with E-state index in [2.05, 4.69) is 0 Å². The molecule has 0 aromatic heterocycles. The van der Waals surface area contributed by atoms with Gasteiger partial charge in [0.05, 0.1) is 13.2 Å². The molecule has 0 amide bonds. The molecular weight excluding hydrogens is 168 g/mol. The maximum absolute atomic E-state index is 9.66. The van der Waals surface area contributed by atoms with E-state index >= 15 is 0 Å². The van der Waals surface area contributed by atoms with Crippen LogP contribution in [0.3, 0.4) is 0 Å². The summed E-state index contributed by atoms with van der Waals surface area (Å²) < 4.78 is 5.01. The van der Waals surface area contributed by atoms with Crippen molar-refractivity contribution in [1.82, 2.24) is 0 Å². The summed E-state index contributed by atoms with van der Waals surface area (Å²) in [6.07, 6.45) is -0.686. The fraction of sp³-hybridized carbons (Fsp3) is 0.400. The number of phenolic OH excluding ortho intramolecular Hbond substituents is 1. The van der Waals surface area contributed by atoms with E-state index in [1.165, 1.54) is 7.11 Å². The Morgan fingerprint density at radius 3 is 2.46 bits per heavy atom. The SMILES string of the molecule is COc1c(C)ccc(C(C)O)c1O. The van der Waals surface area contributed by atoms with E-state index < -0.39 is 6.10 Å². The third kappa shape index (κ3) is 1.75. The van der Waals surface area contributed by atoms with Gasteiger partial charge in [0, 0.05) is 5.56 Å². The van der Waals surface area contributed by atoms with Crippen LogP contribution in [-0.4, -0.2) is 17.3 Å². The van der Waals surface area contributed by atoms with Crippen LogP contribution in [0.5, 0.6) is 11.5 Å². The van der Waals surface area contributed by atoms with Crippen LogP contribution in [-0.2, 0) is 0 Å². The van der Waals surface area contributed by atoms with Crippen molar-refractivity contribution in [2.75, 3.05) is 7.11 Å². The number of ether oxygens (including phenoxy) is 1. The maximum atomic E-state index is 9.66. The summed E-state index contributed by atoms with van der Waals surface area (Å²) in [5.41, 5.74) is 1.34. The van der Waals surface area contributed by atoms with Gasteiger partial charge in [-0.3, -0.25) is 0 Å². The highest BCUT2D eigenvalue weighted by molar-refractivity contribution is 5.51. The van der Waals surface area contributed by atoms with Crippen LogP contribution >= 0.6 is 0 Å². The zero-order valence-electron chi connectivity index (χ0n) is 8.03. The van der Waals surface area contributed by atoms with Crippen molar-refractivity contribution in [1.29, 1.82) is 0 Å². The molecule has 3 nitrogen and oxygen atoms in total. The highest BCUT2D eigenvalue weighted by Gasteiger charge is 2.13. The van der Waals surface area contributed by atoms with Crippen LogP contribution in [0.15, 0.2) is 12.1 Å². The third-order valence-electron chi connectivity index (χ3n) is 2.01. The van der Waals surface area contributed by atoms with Crippen LogP contribution in [0.2, 0.25) is 0 Å². The summed E-state index contributed by atoms with van der Waals surface area (Å²) in [5.74, 6) is 0.455. The Balaban J connectivity index is 3.27. The lowest BCUT2D eigenvalue weighted by Gasteiger charge is -2.12. The summed E-state index contributed by atoms with van der Waals surface area (Å²) in [7, 11) is 1.49. The van der Waals surface area contributed by atoms with Crippen molar-refractivity contribution in [2.24, 2.45) is 0 Å². The number of aromatic hydroxyl groups is 1. The van der Waals surface area contributed by atoms with Gasteiger partial charge in [-0.15, -0.1) is 0 Å². The molecule has 0 spiro atoms. The Bertz CT molecular complexity index is 305. The van der Waals surface area contributed by atoms with E-state index in [1.54, 1.807) is 19.1 Å². The third-order valence-corrected chi connectivity index (χ3v) is 2.01. The predicted molar refractivity (Wildman–Crippen MR) is 50.0 cm³/mol. The van der Waals surface area contributed by atoms with Gasteiger partial charge < -0.3 is 14.9 Å². The minimum absolute atomic E-state index is 0.0255. The Kier molecular flexibility index (Phi) is 2.78. The lowest BCUT2D eigenvalue weighted by atomic mass is 10.1. The summed E-state index contributed by atoms with van der Waals surface area (Å²) >= 11 is 0. The zero-order valence-corrected chi connectivity index (χ0v) is 8.03. The molecular formula is C10H14O3. The first kappa shape index (κ1) is 9.86. The lowest BCUT2D eigenvalue weighted by Crippen LogP contribution is -1.95. The monoisotopic (exact) mass is 182 g/mol. The molecule has 0 fully saturated rings. The highest BCUT2D eigenvalue weighted by atomic mass is 16.5. The van der Waals surface area contributed by atoms with Crippen molar-refractivity contribution < 1.29 is 14.9 Å². The molecule has 0 radical (unpaired) electrons. The number of aliphatic hydroxyl groups excluding tert-OH is 1. The van der Waals surface area contributed by atoms with Crippen LogP contribution < -0.4 is 4.74 Å². The van der Waals surface area contributed by atoms with Gasteiger partial charge in [0.25, 0.3) is 0 Å². The summed E-state index contributed by atoms with van der Waals surface area (Å²) in [6.45, 7) is 3.44. The summed E-state index contributed by atoms with van der Waals surface area (Å²) in [4.78, 5) is 0. The van der Waals surface area contributed by atoms with Crippen LogP contribution in [0.25, 0.3) is 0 Å². The second-order valence-electron chi connectivity index (χ2n) is 3.03. The number of methoxy groups -OCH3 is 1. The van der Waals surface area contributed by atoms with Crippen molar-refractivity contribution in [3.63, 3.8) is 0 Å². The minimum atomic E-state index is -0.686. The predicted octanol–water partition coefficient (Wildman–Crippen LogP) is 1.76. The van der Waals surface area contributed by atoms with Crippen molar-refractivity contribution in [3.05, 3.63) is 23.3 Å². The normalized spacial score (nSPS) is 12.6. The van der Waals surface area contributed by atoms with Crippen molar-refractivity contribution in [2.45, 2.75) is 20.0 Å². The molecule has 0 heterocycles. The molecule has 0 saturated carbocycles. The quantitative estimate of drug-likeness (QED) is 0.732. The Hall–Kier alpha value is -1.22. The van der Waals surface area contributed by atoms with Crippen molar-refractivity contribution >= 4 is 0 Å². The molecule has 0 saturated heterocycles. The molecule has 3 heteroatoms. The van der Waals surface area contributed by atoms with Gasteiger partial charge in [-0.05, 0) is 19.4 Å². The Labute approximate surface area is 77.6 Å². The number of benzene rings is 1. The largest absolute Gasteiger partial charge is 0.504 e. The van der Waals surface area contributed by atoms with Gasteiger partial charge in [0.1, 0.15) is 0 Å². The number of hydrogen-bond acceptors (Lipinski definition) is 3. The zero-order chi connectivity index (χ0) is 10.0. The molecule has 1 atom stereocenters. The van der Waals surface area contributed by atoms with Crippen molar-refractivity contribution in [3.8, 4) is 11.5 Å². The average Bonchev–Trinajstić information content (AvgIpc) is 2.04. The van der Waals surface area contributed by atoms with E-state index in [0.717, 1.165) is 5.56 Å². The molecule has 1 unspecified atom stereocenters. The molecule has 1 rings (SSSR count). The molecule has 0 aliphatic heterocycles. The average molecular weight is 182 g/mol. The second-order valence-corrected chi connectivity index (χ2v) is 3.03. The fourth-order valence-electron chi connectivity index (χ4n) is 1.28. The number of hydrogen-bond donors (Lipinski definition) is 2. The smallest absolute Gasteiger partial charge is 0.163 e. The molecule has 2 N–H and O–H groups in total. The standard InChI is InChI=1S/C10H14O3/c1-6-4-5-8(7(2)11)9(12)10(6)13-3/h4-5,7,11-12H,1-3H3. The van der Waals surface area contributed by atoms with E-state index in [9.17, 15) is 10.2 Å². The number of aryl methyl sites for hydroxylation is 1. The minimum Gasteiger partial charge on any atom is -0.504 e. The second kappa shape index (κ2) is 3.66. The van der Waals surface area contributed by atoms with Crippen LogP contribution in [0.1, 0.15) is 24.2 Å². The van der Waals surface area contributed by atoms with E-state index in [0.29, 0.717) is 11.3 Å². The Morgan fingerprint density at radius 2 is 2.00 bits per heavy atom. The van der Waals surface area contributed by atoms with E-state index in [-0.39, 0.29) is 5.75 Å². The van der Waals surface area contributed by atoms with E-state index in [4.69, 9.17) is 4.74 Å². The van der Waals surface area contributed by atoms with E-state index in [1.807, 2.05) is 6.92 Å². The molecule has 0 aliphatic rings. The van der Waals surface area contributed by atoms with Gasteiger partial charge in [-0.2, -0.15) is 0 Å². The molecule has 1 aromatic rings. The van der Waals surface area contributed by atoms with Gasteiger partial charge in [-0.25, -0.2) is 0 Å². The maximum Gasteiger partial charge on any atom is 0.163 e.